The number of benzene rings is 1. The number of hydrogen-bond acceptors (Lipinski definition) is 6. The average molecular weight is 365 g/mol. The van der Waals surface area contributed by atoms with E-state index in [-0.39, 0.29) is 47.2 Å². The minimum atomic E-state index is -0.621. The van der Waals surface area contributed by atoms with Crippen LogP contribution in [0.4, 0.5) is 10.1 Å². The monoisotopic (exact) mass is 365 g/mol. The highest BCUT2D eigenvalue weighted by Crippen LogP contribution is 2.35. The summed E-state index contributed by atoms with van der Waals surface area (Å²) in [5, 5.41) is 16.5. The maximum atomic E-state index is 15.2. The molecule has 8 heteroatoms. The molecule has 1 amide bonds. The van der Waals surface area contributed by atoms with Gasteiger partial charge in [-0.25, -0.2) is 4.39 Å². The Labute approximate surface area is 151 Å². The summed E-state index contributed by atoms with van der Waals surface area (Å²) in [6.45, 7) is 8.10. The third-order valence-corrected chi connectivity index (χ3v) is 4.30. The topological polar surface area (TPSA) is 87.8 Å². The molecule has 0 radical (unpaired) electrons. The lowest BCUT2D eigenvalue weighted by atomic mass is 10.0. The van der Waals surface area contributed by atoms with E-state index in [0.29, 0.717) is 18.7 Å². The molecule has 1 fully saturated rings. The van der Waals surface area contributed by atoms with E-state index in [0.717, 1.165) is 0 Å². The van der Waals surface area contributed by atoms with Gasteiger partial charge in [-0.05, 0) is 33.8 Å². The van der Waals surface area contributed by atoms with E-state index in [1.165, 1.54) is 0 Å². The molecule has 2 heterocycles. The number of nitrogens with one attached hydrogen (secondary N) is 1. The first-order chi connectivity index (χ1) is 12.3. The highest BCUT2D eigenvalue weighted by molar-refractivity contribution is 6.05. The molecule has 1 aliphatic rings. The average Bonchev–Trinajstić information content (AvgIpc) is 2.97. The van der Waals surface area contributed by atoms with Gasteiger partial charge in [0.2, 0.25) is 5.58 Å². The zero-order chi connectivity index (χ0) is 19.0. The number of amides is 1. The van der Waals surface area contributed by atoms with Gasteiger partial charge in [-0.1, -0.05) is 5.16 Å². The zero-order valence-electron chi connectivity index (χ0n) is 15.4. The number of halogens is 1. The first-order valence-corrected chi connectivity index (χ1v) is 8.74. The Morgan fingerprint density at radius 1 is 1.42 bits per heavy atom. The van der Waals surface area contributed by atoms with Crippen molar-refractivity contribution in [1.82, 2.24) is 10.5 Å². The van der Waals surface area contributed by atoms with E-state index >= 15 is 4.39 Å². The number of carbonyl (C=O) groups is 1. The molecule has 1 saturated heterocycles. The fourth-order valence-electron chi connectivity index (χ4n) is 3.40. The van der Waals surface area contributed by atoms with Crippen molar-refractivity contribution >= 4 is 22.6 Å². The van der Waals surface area contributed by atoms with Crippen LogP contribution >= 0.6 is 0 Å². The normalized spacial score (nSPS) is 20.8. The van der Waals surface area contributed by atoms with Gasteiger partial charge in [0.05, 0.1) is 29.9 Å². The molecule has 2 atom stereocenters. The first kappa shape index (κ1) is 18.6. The number of anilines is 1. The quantitative estimate of drug-likeness (QED) is 0.864. The molecule has 142 valence electrons. The summed E-state index contributed by atoms with van der Waals surface area (Å²) in [6, 6.07) is 1.48. The maximum Gasteiger partial charge on any atom is 0.274 e. The van der Waals surface area contributed by atoms with Gasteiger partial charge in [0.25, 0.3) is 5.91 Å². The number of carbonyl (C=O) groups excluding carboxylic acids is 1. The number of nitrogens with zero attached hydrogens (tertiary/aromatic N) is 2. The third-order valence-electron chi connectivity index (χ3n) is 4.30. The Balaban J connectivity index is 2.09. The van der Waals surface area contributed by atoms with Crippen LogP contribution in [0.3, 0.4) is 0 Å². The SMILES string of the molecule is CC(C)NC(=O)c1noc2c(F)c(N3CC(C)OC(C)C3)c(CO)cc12. The second kappa shape index (κ2) is 7.20. The Bertz CT molecular complexity index is 810. The van der Waals surface area contributed by atoms with Crippen LogP contribution in [0.2, 0.25) is 0 Å². The van der Waals surface area contributed by atoms with Crippen molar-refractivity contribution in [1.29, 1.82) is 0 Å². The van der Waals surface area contributed by atoms with Crippen molar-refractivity contribution in [2.45, 2.75) is 52.6 Å². The van der Waals surface area contributed by atoms with Crippen LogP contribution < -0.4 is 10.2 Å². The molecule has 1 aromatic carbocycles. The van der Waals surface area contributed by atoms with Gasteiger partial charge >= 0.3 is 0 Å². The van der Waals surface area contributed by atoms with Crippen LogP contribution in [-0.4, -0.2) is 47.5 Å². The van der Waals surface area contributed by atoms with Crippen molar-refractivity contribution in [3.05, 3.63) is 23.1 Å². The maximum absolute atomic E-state index is 15.2. The minimum Gasteiger partial charge on any atom is -0.392 e. The molecule has 0 spiro atoms. The summed E-state index contributed by atoms with van der Waals surface area (Å²) in [5.74, 6) is -1.06. The van der Waals surface area contributed by atoms with Gasteiger partial charge in [0, 0.05) is 24.7 Å². The van der Waals surface area contributed by atoms with Gasteiger partial charge in [0.15, 0.2) is 11.5 Å². The van der Waals surface area contributed by atoms with Crippen molar-refractivity contribution in [3.63, 3.8) is 0 Å². The molecule has 7 nitrogen and oxygen atoms in total. The van der Waals surface area contributed by atoms with E-state index in [2.05, 4.69) is 10.5 Å². The number of ether oxygens (including phenoxy) is 1. The van der Waals surface area contributed by atoms with Gasteiger partial charge in [0.1, 0.15) is 0 Å². The minimum absolute atomic E-state index is 0.0116. The standard InChI is InChI=1S/C18H24FN3O4/c1-9(2)20-18(24)15-13-5-12(8-23)16(14(19)17(13)26-21-15)22-6-10(3)25-11(4)7-22/h5,9-11,23H,6-8H2,1-4H3,(H,20,24). The Morgan fingerprint density at radius 2 is 2.08 bits per heavy atom. The number of aliphatic hydroxyl groups excluding tert-OH is 1. The summed E-state index contributed by atoms with van der Waals surface area (Å²) in [6.07, 6.45) is -0.134. The van der Waals surface area contributed by atoms with Crippen molar-refractivity contribution in [2.75, 3.05) is 18.0 Å². The molecule has 2 unspecified atom stereocenters. The van der Waals surface area contributed by atoms with Crippen molar-refractivity contribution < 1.29 is 23.6 Å². The largest absolute Gasteiger partial charge is 0.392 e. The van der Waals surface area contributed by atoms with Gasteiger partial charge in [-0.2, -0.15) is 0 Å². The van der Waals surface area contributed by atoms with E-state index in [1.807, 2.05) is 32.6 Å². The summed E-state index contributed by atoms with van der Waals surface area (Å²) in [7, 11) is 0. The number of morpholine rings is 1. The van der Waals surface area contributed by atoms with E-state index in [1.54, 1.807) is 6.07 Å². The van der Waals surface area contributed by atoms with Crippen LogP contribution in [0.1, 0.15) is 43.7 Å². The molecule has 2 N–H and O–H groups in total. The van der Waals surface area contributed by atoms with E-state index in [9.17, 15) is 9.90 Å². The second-order valence-electron chi connectivity index (χ2n) is 7.05. The number of aliphatic hydroxyl groups is 1. The lowest BCUT2D eigenvalue weighted by Gasteiger charge is -2.37. The molecule has 0 bridgehead atoms. The molecule has 26 heavy (non-hydrogen) atoms. The van der Waals surface area contributed by atoms with Crippen LogP contribution in [0, 0.1) is 5.82 Å². The molecule has 2 aromatic rings. The molecular weight excluding hydrogens is 341 g/mol. The highest BCUT2D eigenvalue weighted by atomic mass is 19.1. The fraction of sp³-hybridized carbons (Fsp3) is 0.556. The lowest BCUT2D eigenvalue weighted by molar-refractivity contribution is -0.00550. The fourth-order valence-corrected chi connectivity index (χ4v) is 3.40. The van der Waals surface area contributed by atoms with Gasteiger partial charge < -0.3 is 24.6 Å². The Kier molecular flexibility index (Phi) is 5.15. The third kappa shape index (κ3) is 3.39. The predicted octanol–water partition coefficient (Wildman–Crippen LogP) is 2.21. The lowest BCUT2D eigenvalue weighted by Crippen LogP contribution is -2.46. The molecular formula is C18H24FN3O4. The summed E-state index contributed by atoms with van der Waals surface area (Å²) in [5.41, 5.74) is 0.586. The van der Waals surface area contributed by atoms with Crippen LogP contribution in [0.5, 0.6) is 0 Å². The Morgan fingerprint density at radius 3 is 2.65 bits per heavy atom. The Hall–Kier alpha value is -2.19. The van der Waals surface area contributed by atoms with E-state index in [4.69, 9.17) is 9.26 Å². The molecule has 0 aliphatic carbocycles. The summed E-state index contributed by atoms with van der Waals surface area (Å²) >= 11 is 0. The van der Waals surface area contributed by atoms with Crippen LogP contribution in [0.25, 0.3) is 11.0 Å². The number of fused-ring (bicyclic) bond motifs is 1. The van der Waals surface area contributed by atoms with Crippen LogP contribution in [-0.2, 0) is 11.3 Å². The molecule has 0 saturated carbocycles. The molecule has 3 rings (SSSR count). The molecule has 1 aromatic heterocycles. The summed E-state index contributed by atoms with van der Waals surface area (Å²) < 4.78 is 26.1. The van der Waals surface area contributed by atoms with Crippen LogP contribution in [0.15, 0.2) is 10.6 Å². The van der Waals surface area contributed by atoms with Crippen molar-refractivity contribution in [2.24, 2.45) is 0 Å². The number of rotatable bonds is 4. The van der Waals surface area contributed by atoms with E-state index < -0.39 is 11.7 Å². The predicted molar refractivity (Wildman–Crippen MR) is 94.7 cm³/mol. The number of hydrogen-bond donors (Lipinski definition) is 2. The zero-order valence-corrected chi connectivity index (χ0v) is 15.4. The first-order valence-electron chi connectivity index (χ1n) is 8.74. The summed E-state index contributed by atoms with van der Waals surface area (Å²) in [4.78, 5) is 14.1. The van der Waals surface area contributed by atoms with Gasteiger partial charge in [-0.15, -0.1) is 0 Å². The highest BCUT2D eigenvalue weighted by Gasteiger charge is 2.30. The second-order valence-corrected chi connectivity index (χ2v) is 7.05. The molecule has 1 aliphatic heterocycles. The van der Waals surface area contributed by atoms with Crippen molar-refractivity contribution in [3.8, 4) is 0 Å². The smallest absolute Gasteiger partial charge is 0.274 e. The van der Waals surface area contributed by atoms with Gasteiger partial charge in [-0.3, -0.25) is 4.79 Å². The number of aromatic nitrogens is 1.